The van der Waals surface area contributed by atoms with Gasteiger partial charge in [-0.15, -0.1) is 0 Å². The molecular weight excluding hydrogens is 886 g/mol. The van der Waals surface area contributed by atoms with Crippen LogP contribution >= 0.6 is 0 Å². The van der Waals surface area contributed by atoms with Crippen molar-refractivity contribution < 1.29 is 37.8 Å². The van der Waals surface area contributed by atoms with Crippen LogP contribution in [0.2, 0.25) is 0 Å². The van der Waals surface area contributed by atoms with Gasteiger partial charge in [0.15, 0.2) is 0 Å². The normalized spacial score (nSPS) is 18.6. The monoisotopic (exact) mass is 939 g/mol. The number of pyridine rings is 1. The molecule has 358 valence electrons. The topological polar surface area (TPSA) is 206 Å². The zero-order chi connectivity index (χ0) is 48.2. The van der Waals surface area contributed by atoms with Gasteiger partial charge in [0.2, 0.25) is 18.0 Å². The van der Waals surface area contributed by atoms with Crippen LogP contribution in [0.15, 0.2) is 79.3 Å². The number of rotatable bonds is 11. The number of hydrogen-bond donors (Lipinski definition) is 4. The van der Waals surface area contributed by atoms with E-state index in [-0.39, 0.29) is 41.3 Å². The molecule has 10 rings (SSSR count). The Balaban J connectivity index is 0.979. The van der Waals surface area contributed by atoms with Gasteiger partial charge >= 0.3 is 12.2 Å². The van der Waals surface area contributed by atoms with Gasteiger partial charge in [-0.2, -0.15) is 5.10 Å². The number of aromatic nitrogens is 7. The molecule has 0 radical (unpaired) electrons. The number of carbonyl (C=O) groups is 4. The number of carbonyl (C=O) groups excluding carboxylic acids is 4. The molecule has 0 saturated carbocycles. The number of amides is 4. The minimum absolute atomic E-state index is 0.161. The fourth-order valence-electron chi connectivity index (χ4n) is 10.1. The summed E-state index contributed by atoms with van der Waals surface area (Å²) in [5.74, 6) is 0.255. The van der Waals surface area contributed by atoms with Crippen LogP contribution in [-0.2, 0) is 19.1 Å². The maximum Gasteiger partial charge on any atom is 0.407 e. The van der Waals surface area contributed by atoms with E-state index >= 15 is 4.39 Å². The first-order valence-electron chi connectivity index (χ1n) is 23.3. The van der Waals surface area contributed by atoms with Crippen LogP contribution in [0.25, 0.3) is 50.2 Å². The van der Waals surface area contributed by atoms with Crippen molar-refractivity contribution in [3.8, 4) is 39.5 Å². The molecule has 19 heteroatoms. The Morgan fingerprint density at radius 2 is 1.38 bits per heavy atom. The van der Waals surface area contributed by atoms with Crippen LogP contribution in [-0.4, -0.2) is 107 Å². The fourth-order valence-corrected chi connectivity index (χ4v) is 10.1. The summed E-state index contributed by atoms with van der Waals surface area (Å²) < 4.78 is 37.1. The third-order valence-electron chi connectivity index (χ3n) is 13.6. The summed E-state index contributed by atoms with van der Waals surface area (Å²) in [4.78, 5) is 71.7. The molecule has 4 amide bonds. The molecule has 0 bridgehead atoms. The average molecular weight is 940 g/mol. The quantitative estimate of drug-likeness (QED) is 0.0986. The van der Waals surface area contributed by atoms with Gasteiger partial charge in [-0.1, -0.05) is 39.8 Å². The van der Waals surface area contributed by atoms with E-state index in [1.165, 1.54) is 20.3 Å². The van der Waals surface area contributed by atoms with Crippen molar-refractivity contribution >= 4 is 40.4 Å². The number of methoxy groups -OCH3 is 2. The van der Waals surface area contributed by atoms with Crippen molar-refractivity contribution in [2.45, 2.75) is 83.8 Å². The van der Waals surface area contributed by atoms with E-state index in [0.717, 1.165) is 40.5 Å². The highest BCUT2D eigenvalue weighted by atomic mass is 19.1. The lowest BCUT2D eigenvalue weighted by Crippen LogP contribution is -2.51. The Labute approximate surface area is 396 Å². The van der Waals surface area contributed by atoms with E-state index in [1.54, 1.807) is 32.8 Å². The number of fused-ring (bicyclic) bond motifs is 6. The molecule has 8 heterocycles. The van der Waals surface area contributed by atoms with Crippen LogP contribution in [0.3, 0.4) is 0 Å². The van der Waals surface area contributed by atoms with E-state index in [2.05, 4.69) is 20.6 Å². The smallest absolute Gasteiger partial charge is 0.407 e. The van der Waals surface area contributed by atoms with Crippen LogP contribution in [0, 0.1) is 17.7 Å². The Bertz CT molecular complexity index is 3080. The molecule has 18 nitrogen and oxygen atoms in total. The minimum Gasteiger partial charge on any atom is -0.463 e. The summed E-state index contributed by atoms with van der Waals surface area (Å²) in [6, 6.07) is 16.7. The third-order valence-corrected chi connectivity index (χ3v) is 13.6. The molecular formula is C50H54FN11O7. The van der Waals surface area contributed by atoms with E-state index < -0.39 is 36.3 Å². The number of ether oxygens (including phenoxy) is 3. The molecule has 2 fully saturated rings. The van der Waals surface area contributed by atoms with E-state index in [0.29, 0.717) is 66.0 Å². The van der Waals surface area contributed by atoms with Crippen molar-refractivity contribution in [3.05, 3.63) is 102 Å². The second-order valence-corrected chi connectivity index (χ2v) is 18.6. The second-order valence-electron chi connectivity index (χ2n) is 18.6. The number of alkyl carbamates (subject to hydrolysis) is 2. The summed E-state index contributed by atoms with van der Waals surface area (Å²) in [6.45, 7) is 8.52. The van der Waals surface area contributed by atoms with Crippen LogP contribution in [0.5, 0.6) is 5.75 Å². The predicted molar refractivity (Wildman–Crippen MR) is 252 cm³/mol. The van der Waals surface area contributed by atoms with Gasteiger partial charge in [-0.05, 0) is 86.1 Å². The second kappa shape index (κ2) is 18.1. The lowest BCUT2D eigenvalue weighted by atomic mass is 10.0. The minimum atomic E-state index is -0.782. The number of imidazole rings is 2. The molecule has 2 saturated heterocycles. The Hall–Kier alpha value is -7.70. The highest BCUT2D eigenvalue weighted by Gasteiger charge is 2.40. The highest BCUT2D eigenvalue weighted by molar-refractivity contribution is 5.93. The molecule has 2 unspecified atom stereocenters. The van der Waals surface area contributed by atoms with E-state index in [1.807, 2.05) is 87.0 Å². The lowest BCUT2D eigenvalue weighted by molar-refractivity contribution is -0.136. The van der Waals surface area contributed by atoms with E-state index in [9.17, 15) is 19.2 Å². The van der Waals surface area contributed by atoms with Gasteiger partial charge in [0.05, 0.1) is 72.4 Å². The Morgan fingerprint density at radius 1 is 0.768 bits per heavy atom. The molecule has 5 atom stereocenters. The first-order valence-corrected chi connectivity index (χ1v) is 23.3. The van der Waals surface area contributed by atoms with Gasteiger partial charge < -0.3 is 44.6 Å². The number of nitrogens with zero attached hydrogens (tertiary/aromatic N) is 7. The van der Waals surface area contributed by atoms with Crippen molar-refractivity contribution in [1.82, 2.24) is 54.6 Å². The number of likely N-dealkylation sites (tertiary alicyclic amines) is 2. The highest BCUT2D eigenvalue weighted by Crippen LogP contribution is 2.47. The molecule has 0 aliphatic carbocycles. The standard InChI is InChI=1S/C50H54FN11O7/c1-26(2)42(56-49(65)67-5)46(63)59-16-9-12-37(59)44-52-24-34(54-44)28-14-15-36-30(19-28)21-39-41-32(51)20-29(22-40(41)69-48(62(36)39)33-23-31-11-7-8-18-61(31)58-33)35-25-53-45(55-35)38-13-10-17-60(38)47(64)43(27(3)4)57-50(66)68-6/h7-8,11,14-15,18-27,37-38,42-43,48H,9-10,12-13,16-17H2,1-6H3,(H,52,54)(H,53,55)(H,56,65)(H,57,66)/t37-,38-,42?,43-,48?/m0/s1. The van der Waals surface area contributed by atoms with Gasteiger partial charge in [0.1, 0.15) is 41.0 Å². The van der Waals surface area contributed by atoms with Gasteiger partial charge in [-0.3, -0.25) is 14.2 Å². The summed E-state index contributed by atoms with van der Waals surface area (Å²) in [6.07, 6.45) is 6.05. The first kappa shape index (κ1) is 45.1. The van der Waals surface area contributed by atoms with Crippen molar-refractivity contribution in [1.29, 1.82) is 0 Å². The SMILES string of the molecule is COC(=O)NC(C(=O)N1CCC[C@H]1c1ncc(-c2ccc3c(c2)cc2n3C(c3cc4ccccn4n3)Oc3cc(-c4cnc([C@@H]5CCCN5C(=O)[C@@H](NC(=O)OC)C(C)C)[nH]4)cc(F)c3-2)[nH]1)C(C)C. The molecule has 5 aromatic heterocycles. The zero-order valence-electron chi connectivity index (χ0n) is 39.2. The molecule has 0 spiro atoms. The third kappa shape index (κ3) is 8.18. The maximum absolute atomic E-state index is 16.9. The molecule has 2 aromatic carbocycles. The summed E-state index contributed by atoms with van der Waals surface area (Å²) >= 11 is 0. The maximum atomic E-state index is 16.9. The number of H-pyrrole nitrogens is 2. The summed E-state index contributed by atoms with van der Waals surface area (Å²) in [5.41, 5.74) is 5.81. The van der Waals surface area contributed by atoms with E-state index in [4.69, 9.17) is 29.3 Å². The number of halogens is 1. The fraction of sp³-hybridized carbons (Fsp3) is 0.380. The average Bonchev–Trinajstić information content (AvgIpc) is 4.21. The molecule has 7 aromatic rings. The van der Waals surface area contributed by atoms with Crippen molar-refractivity contribution in [2.24, 2.45) is 11.8 Å². The van der Waals surface area contributed by atoms with Crippen LogP contribution in [0.4, 0.5) is 14.0 Å². The van der Waals surface area contributed by atoms with Crippen LogP contribution in [0.1, 0.15) is 89.0 Å². The Kier molecular flexibility index (Phi) is 11.8. The zero-order valence-corrected chi connectivity index (χ0v) is 39.2. The number of hydrogen-bond acceptors (Lipinski definition) is 10. The first-order chi connectivity index (χ1) is 33.3. The molecule has 4 N–H and O–H groups in total. The molecule has 3 aliphatic rings. The van der Waals surface area contributed by atoms with Crippen LogP contribution < -0.4 is 15.4 Å². The van der Waals surface area contributed by atoms with Crippen molar-refractivity contribution in [2.75, 3.05) is 27.3 Å². The predicted octanol–water partition coefficient (Wildman–Crippen LogP) is 7.90. The van der Waals surface area contributed by atoms with Gasteiger partial charge in [0, 0.05) is 35.8 Å². The molecule has 69 heavy (non-hydrogen) atoms. The summed E-state index contributed by atoms with van der Waals surface area (Å²) in [7, 11) is 2.54. The lowest BCUT2D eigenvalue weighted by Gasteiger charge is -2.30. The number of aromatic amines is 2. The number of benzene rings is 2. The molecule has 3 aliphatic heterocycles. The Morgan fingerprint density at radius 3 is 1.96 bits per heavy atom. The van der Waals surface area contributed by atoms with Crippen molar-refractivity contribution in [3.63, 3.8) is 0 Å². The van der Waals surface area contributed by atoms with Gasteiger partial charge in [-0.25, -0.2) is 28.5 Å². The largest absolute Gasteiger partial charge is 0.463 e. The summed E-state index contributed by atoms with van der Waals surface area (Å²) in [5, 5.41) is 11.1. The van der Waals surface area contributed by atoms with Gasteiger partial charge in [0.25, 0.3) is 0 Å². The number of nitrogens with one attached hydrogen (secondary N) is 4.